The van der Waals surface area contributed by atoms with Crippen LogP contribution >= 0.6 is 0 Å². The molecule has 1 atom stereocenters. The average Bonchev–Trinajstić information content (AvgIpc) is 3.22. The lowest BCUT2D eigenvalue weighted by molar-refractivity contribution is 0.234. The second kappa shape index (κ2) is 9.02. The van der Waals surface area contributed by atoms with Gasteiger partial charge in [-0.1, -0.05) is 11.2 Å². The normalized spacial score (nSPS) is 20.0. The second-order valence-corrected chi connectivity index (χ2v) is 9.96. The molecule has 11 nitrogen and oxygen atoms in total. The summed E-state index contributed by atoms with van der Waals surface area (Å²) in [5, 5.41) is 3.64. The highest BCUT2D eigenvalue weighted by atomic mass is 32.2. The standard InChI is InChI=1S/C21H21F2N7O4S/c1-12-27-19(34-29-12)10-33-18-9-25-17(8-26-18)16(23)7-13-4-5-15(22)14(6-13)21(2)11-35(31,32)30(3)20(24)28-21/h4-9H,10-11H2,1-3H3,(H2,24,28). The number of aryl methyl sites for hydroxylation is 1. The van der Waals surface area contributed by atoms with E-state index in [-0.39, 0.29) is 41.2 Å². The Morgan fingerprint density at radius 1 is 1.34 bits per heavy atom. The molecule has 0 aliphatic carbocycles. The Bertz CT molecular complexity index is 1420. The molecule has 0 saturated carbocycles. The van der Waals surface area contributed by atoms with Crippen molar-refractivity contribution in [3.05, 3.63) is 64.9 Å². The minimum atomic E-state index is -3.81. The van der Waals surface area contributed by atoms with E-state index in [1.165, 1.54) is 38.5 Å². The summed E-state index contributed by atoms with van der Waals surface area (Å²) >= 11 is 0. The van der Waals surface area contributed by atoms with Gasteiger partial charge in [0.15, 0.2) is 18.3 Å². The molecule has 4 rings (SSSR count). The number of nitrogens with zero attached hydrogens (tertiary/aromatic N) is 6. The Hall–Kier alpha value is -3.94. The summed E-state index contributed by atoms with van der Waals surface area (Å²) in [6.07, 6.45) is 3.51. The van der Waals surface area contributed by atoms with Gasteiger partial charge in [-0.15, -0.1) is 0 Å². The van der Waals surface area contributed by atoms with Crippen LogP contribution in [0.25, 0.3) is 11.9 Å². The molecule has 0 bridgehead atoms. The topological polar surface area (TPSA) is 150 Å². The summed E-state index contributed by atoms with van der Waals surface area (Å²) in [6, 6.07) is 3.78. The van der Waals surface area contributed by atoms with Crippen LogP contribution in [0, 0.1) is 12.7 Å². The number of hydrogen-bond donors (Lipinski definition) is 1. The van der Waals surface area contributed by atoms with Gasteiger partial charge in [-0.05, 0) is 37.6 Å². The fraction of sp³-hybridized carbons (Fsp3) is 0.286. The summed E-state index contributed by atoms with van der Waals surface area (Å²) in [5.74, 6) is -1.38. The van der Waals surface area contributed by atoms with Crippen molar-refractivity contribution in [2.75, 3.05) is 12.8 Å². The number of halogens is 2. The zero-order chi connectivity index (χ0) is 25.4. The molecule has 0 amide bonds. The third-order valence-electron chi connectivity index (χ3n) is 5.21. The van der Waals surface area contributed by atoms with Gasteiger partial charge in [0, 0.05) is 12.6 Å². The predicted octanol–water partition coefficient (Wildman–Crippen LogP) is 2.16. The van der Waals surface area contributed by atoms with Crippen LogP contribution in [0.15, 0.2) is 40.1 Å². The van der Waals surface area contributed by atoms with E-state index in [0.717, 1.165) is 16.4 Å². The molecular formula is C21H21F2N7O4S. The smallest absolute Gasteiger partial charge is 0.264 e. The average molecular weight is 506 g/mol. The molecule has 2 aromatic heterocycles. The van der Waals surface area contributed by atoms with Crippen molar-refractivity contribution in [1.82, 2.24) is 24.4 Å². The summed E-state index contributed by atoms with van der Waals surface area (Å²) in [4.78, 5) is 16.1. The number of nitrogens with two attached hydrogens (primary N) is 1. The molecule has 1 aliphatic rings. The van der Waals surface area contributed by atoms with Crippen LogP contribution in [0.4, 0.5) is 8.78 Å². The maximum absolute atomic E-state index is 14.9. The van der Waals surface area contributed by atoms with Crippen molar-refractivity contribution in [2.45, 2.75) is 26.0 Å². The van der Waals surface area contributed by atoms with Crippen LogP contribution in [-0.2, 0) is 22.2 Å². The van der Waals surface area contributed by atoms with Crippen molar-refractivity contribution in [2.24, 2.45) is 10.7 Å². The number of sulfonamides is 1. The minimum Gasteiger partial charge on any atom is -0.466 e. The maximum atomic E-state index is 14.9. The van der Waals surface area contributed by atoms with Crippen molar-refractivity contribution in [3.8, 4) is 5.88 Å². The number of rotatable bonds is 6. The number of ether oxygens (including phenoxy) is 1. The first-order valence-corrected chi connectivity index (χ1v) is 11.8. The van der Waals surface area contributed by atoms with Crippen LogP contribution in [-0.4, -0.2) is 51.6 Å². The lowest BCUT2D eigenvalue weighted by Gasteiger charge is -2.34. The van der Waals surface area contributed by atoms with Crippen LogP contribution < -0.4 is 10.5 Å². The molecule has 3 aromatic rings. The zero-order valence-electron chi connectivity index (χ0n) is 18.9. The molecule has 2 N–H and O–H groups in total. The number of guanidine groups is 1. The van der Waals surface area contributed by atoms with Crippen molar-refractivity contribution < 1.29 is 26.5 Å². The third kappa shape index (κ3) is 5.11. The van der Waals surface area contributed by atoms with E-state index in [4.69, 9.17) is 15.0 Å². The Kier molecular flexibility index (Phi) is 6.23. The first kappa shape index (κ1) is 24.2. The highest BCUT2D eigenvalue weighted by Crippen LogP contribution is 2.34. The van der Waals surface area contributed by atoms with Crippen LogP contribution in [0.3, 0.4) is 0 Å². The van der Waals surface area contributed by atoms with E-state index in [9.17, 15) is 17.2 Å². The second-order valence-electron chi connectivity index (χ2n) is 7.96. The molecule has 184 valence electrons. The maximum Gasteiger partial charge on any atom is 0.264 e. The molecule has 1 unspecified atom stereocenters. The monoisotopic (exact) mass is 505 g/mol. The number of aromatic nitrogens is 4. The zero-order valence-corrected chi connectivity index (χ0v) is 19.8. The highest BCUT2D eigenvalue weighted by molar-refractivity contribution is 7.89. The first-order valence-electron chi connectivity index (χ1n) is 10.2. The first-order chi connectivity index (χ1) is 16.5. The molecule has 14 heteroatoms. The lowest BCUT2D eigenvalue weighted by atomic mass is 9.92. The lowest BCUT2D eigenvalue weighted by Crippen LogP contribution is -2.50. The Morgan fingerprint density at radius 2 is 2.11 bits per heavy atom. The largest absolute Gasteiger partial charge is 0.466 e. The summed E-state index contributed by atoms with van der Waals surface area (Å²) in [7, 11) is -2.54. The van der Waals surface area contributed by atoms with Gasteiger partial charge in [-0.3, -0.25) is 0 Å². The van der Waals surface area contributed by atoms with Crippen molar-refractivity contribution >= 4 is 27.9 Å². The fourth-order valence-corrected chi connectivity index (χ4v) is 4.85. The molecule has 1 aromatic carbocycles. The van der Waals surface area contributed by atoms with E-state index in [0.29, 0.717) is 5.82 Å². The quantitative estimate of drug-likeness (QED) is 0.532. The number of hydrogen-bond acceptors (Lipinski definition) is 10. The van der Waals surface area contributed by atoms with Crippen molar-refractivity contribution in [3.63, 3.8) is 0 Å². The predicted molar refractivity (Wildman–Crippen MR) is 121 cm³/mol. The summed E-state index contributed by atoms with van der Waals surface area (Å²) in [6.45, 7) is 3.09. The van der Waals surface area contributed by atoms with Gasteiger partial charge in [-0.25, -0.2) is 36.5 Å². The summed E-state index contributed by atoms with van der Waals surface area (Å²) < 4.78 is 65.5. The van der Waals surface area contributed by atoms with Crippen LogP contribution in [0.1, 0.15) is 35.5 Å². The molecule has 3 heterocycles. The van der Waals surface area contributed by atoms with Crippen molar-refractivity contribution in [1.29, 1.82) is 0 Å². The van der Waals surface area contributed by atoms with Gasteiger partial charge >= 0.3 is 0 Å². The SMILES string of the molecule is Cc1noc(COc2cnc(C(F)=Cc3ccc(F)c(C4(C)CS(=O)(=O)N(C)C(N)=N4)c3)cn2)n1. The van der Waals surface area contributed by atoms with Crippen LogP contribution in [0.2, 0.25) is 0 Å². The molecule has 0 spiro atoms. The van der Waals surface area contributed by atoms with E-state index in [1.807, 2.05) is 0 Å². The summed E-state index contributed by atoms with van der Waals surface area (Å²) in [5.41, 5.74) is 4.39. The molecule has 0 saturated heterocycles. The molecule has 35 heavy (non-hydrogen) atoms. The van der Waals surface area contributed by atoms with Gasteiger partial charge in [0.2, 0.25) is 21.9 Å². The molecule has 0 radical (unpaired) electrons. The molecule has 1 aliphatic heterocycles. The van der Waals surface area contributed by atoms with E-state index in [2.05, 4.69) is 25.1 Å². The van der Waals surface area contributed by atoms with Gasteiger partial charge in [-0.2, -0.15) is 4.98 Å². The Labute approximate surface area is 199 Å². The Morgan fingerprint density at radius 3 is 2.74 bits per heavy atom. The van der Waals surface area contributed by atoms with Gasteiger partial charge in [0.25, 0.3) is 5.89 Å². The van der Waals surface area contributed by atoms with Gasteiger partial charge in [0.1, 0.15) is 17.1 Å². The highest BCUT2D eigenvalue weighted by Gasteiger charge is 2.41. The molecular weight excluding hydrogens is 484 g/mol. The number of benzene rings is 1. The fourth-order valence-electron chi connectivity index (χ4n) is 3.40. The molecule has 0 fully saturated rings. The van der Waals surface area contributed by atoms with Gasteiger partial charge in [0.05, 0.1) is 18.1 Å². The number of aliphatic imine (C=N–C) groups is 1. The van der Waals surface area contributed by atoms with E-state index < -0.39 is 33.0 Å². The minimum absolute atomic E-state index is 0.0250. The van der Waals surface area contributed by atoms with E-state index in [1.54, 1.807) is 6.92 Å². The Balaban J connectivity index is 1.55. The third-order valence-corrected chi connectivity index (χ3v) is 7.16. The van der Waals surface area contributed by atoms with Gasteiger partial charge < -0.3 is 15.0 Å². The van der Waals surface area contributed by atoms with E-state index >= 15 is 0 Å². The van der Waals surface area contributed by atoms with Crippen LogP contribution in [0.5, 0.6) is 5.88 Å².